The first-order valence-corrected chi connectivity index (χ1v) is 5.64. The highest BCUT2D eigenvalue weighted by molar-refractivity contribution is 6.31. The van der Waals surface area contributed by atoms with E-state index in [9.17, 15) is 0 Å². The molecule has 0 aliphatic carbocycles. The molecule has 2 heteroatoms. The Morgan fingerprint density at radius 2 is 1.50 bits per heavy atom. The van der Waals surface area contributed by atoms with E-state index in [4.69, 9.17) is 23.2 Å². The van der Waals surface area contributed by atoms with Crippen molar-refractivity contribution in [2.45, 2.75) is 0 Å². The van der Waals surface area contributed by atoms with Gasteiger partial charge in [-0.1, -0.05) is 54.1 Å². The molecule has 0 bridgehead atoms. The highest BCUT2D eigenvalue weighted by atomic mass is 35.5. The van der Waals surface area contributed by atoms with Gasteiger partial charge in [0.15, 0.2) is 0 Å². The molecule has 0 aliphatic heterocycles. The molecular formula is C14H10Cl2. The van der Waals surface area contributed by atoms with Crippen LogP contribution < -0.4 is 0 Å². The molecule has 0 N–H and O–H groups in total. The van der Waals surface area contributed by atoms with E-state index in [0.29, 0.717) is 0 Å². The molecular weight excluding hydrogens is 239 g/mol. The van der Waals surface area contributed by atoms with Gasteiger partial charge in [0.1, 0.15) is 0 Å². The molecule has 0 aromatic heterocycles. The van der Waals surface area contributed by atoms with E-state index in [1.165, 1.54) is 0 Å². The molecule has 2 aromatic carbocycles. The molecule has 0 heterocycles. The van der Waals surface area contributed by atoms with E-state index in [1.807, 2.05) is 48.5 Å². The monoisotopic (exact) mass is 248 g/mol. The summed E-state index contributed by atoms with van der Waals surface area (Å²) in [6.45, 7) is 3.80. The summed E-state index contributed by atoms with van der Waals surface area (Å²) >= 11 is 11.9. The summed E-state index contributed by atoms with van der Waals surface area (Å²) in [6, 6.07) is 13.4. The van der Waals surface area contributed by atoms with Crippen LogP contribution in [-0.2, 0) is 0 Å². The van der Waals surface area contributed by atoms with Gasteiger partial charge in [-0.2, -0.15) is 0 Å². The highest BCUT2D eigenvalue weighted by Gasteiger charge is 2.03. The van der Waals surface area contributed by atoms with Crippen LogP contribution in [0.1, 0.15) is 5.56 Å². The molecule has 80 valence electrons. The van der Waals surface area contributed by atoms with Crippen molar-refractivity contribution in [2.24, 2.45) is 0 Å². The van der Waals surface area contributed by atoms with Crippen LogP contribution in [0.2, 0.25) is 10.0 Å². The first kappa shape index (κ1) is 11.3. The minimum absolute atomic E-state index is 0.718. The van der Waals surface area contributed by atoms with Crippen LogP contribution in [0.25, 0.3) is 17.2 Å². The Hall–Kier alpha value is -1.24. The Labute approximate surface area is 105 Å². The molecule has 2 aromatic rings. The lowest BCUT2D eigenvalue weighted by Crippen LogP contribution is -1.83. The van der Waals surface area contributed by atoms with Gasteiger partial charge in [-0.3, -0.25) is 0 Å². The summed E-state index contributed by atoms with van der Waals surface area (Å²) in [5, 5.41) is 1.45. The van der Waals surface area contributed by atoms with Crippen LogP contribution in [0.3, 0.4) is 0 Å². The minimum Gasteiger partial charge on any atom is -0.0984 e. The summed E-state index contributed by atoms with van der Waals surface area (Å²) in [6.07, 6.45) is 1.82. The SMILES string of the molecule is C=Cc1ccc(Cl)cc1-c1ccc(Cl)cc1. The van der Waals surface area contributed by atoms with Crippen molar-refractivity contribution in [2.75, 3.05) is 0 Å². The van der Waals surface area contributed by atoms with Crippen LogP contribution in [-0.4, -0.2) is 0 Å². The third-order valence-corrected chi connectivity index (χ3v) is 2.88. The van der Waals surface area contributed by atoms with Crippen molar-refractivity contribution >= 4 is 29.3 Å². The van der Waals surface area contributed by atoms with Crippen molar-refractivity contribution in [1.29, 1.82) is 0 Å². The number of rotatable bonds is 2. The minimum atomic E-state index is 0.718. The van der Waals surface area contributed by atoms with Crippen molar-refractivity contribution in [3.63, 3.8) is 0 Å². The summed E-state index contributed by atoms with van der Waals surface area (Å²) in [7, 11) is 0. The van der Waals surface area contributed by atoms with Crippen LogP contribution in [0, 0.1) is 0 Å². The van der Waals surface area contributed by atoms with Gasteiger partial charge in [0.2, 0.25) is 0 Å². The summed E-state index contributed by atoms with van der Waals surface area (Å²) in [5.74, 6) is 0. The lowest BCUT2D eigenvalue weighted by molar-refractivity contribution is 1.59. The summed E-state index contributed by atoms with van der Waals surface area (Å²) < 4.78 is 0. The predicted molar refractivity (Wildman–Crippen MR) is 72.0 cm³/mol. The fourth-order valence-electron chi connectivity index (χ4n) is 1.59. The molecule has 0 radical (unpaired) electrons. The maximum atomic E-state index is 5.99. The van der Waals surface area contributed by atoms with E-state index in [2.05, 4.69) is 6.58 Å². The predicted octanol–water partition coefficient (Wildman–Crippen LogP) is 5.30. The normalized spacial score (nSPS) is 10.1. The summed E-state index contributed by atoms with van der Waals surface area (Å²) in [4.78, 5) is 0. The fraction of sp³-hybridized carbons (Fsp3) is 0. The molecule has 0 saturated heterocycles. The van der Waals surface area contributed by atoms with E-state index >= 15 is 0 Å². The molecule has 0 spiro atoms. The second-order valence-electron chi connectivity index (χ2n) is 3.44. The molecule has 2 rings (SSSR count). The van der Waals surface area contributed by atoms with Gasteiger partial charge in [-0.15, -0.1) is 0 Å². The average molecular weight is 249 g/mol. The number of halogens is 2. The van der Waals surface area contributed by atoms with E-state index in [1.54, 1.807) is 0 Å². The largest absolute Gasteiger partial charge is 0.0984 e. The van der Waals surface area contributed by atoms with Crippen molar-refractivity contribution in [3.8, 4) is 11.1 Å². The zero-order valence-corrected chi connectivity index (χ0v) is 10.1. The van der Waals surface area contributed by atoms with Crippen molar-refractivity contribution in [1.82, 2.24) is 0 Å². The Balaban J connectivity index is 2.57. The molecule has 0 atom stereocenters. The van der Waals surface area contributed by atoms with Crippen molar-refractivity contribution < 1.29 is 0 Å². The molecule has 0 unspecified atom stereocenters. The van der Waals surface area contributed by atoms with Gasteiger partial charge in [-0.05, 0) is 41.0 Å². The Bertz CT molecular complexity index is 513. The quantitative estimate of drug-likeness (QED) is 0.677. The van der Waals surface area contributed by atoms with Crippen LogP contribution in [0.4, 0.5) is 0 Å². The van der Waals surface area contributed by atoms with E-state index in [0.717, 1.165) is 26.7 Å². The topological polar surface area (TPSA) is 0 Å². The summed E-state index contributed by atoms with van der Waals surface area (Å²) in [5.41, 5.74) is 3.22. The Morgan fingerprint density at radius 3 is 2.12 bits per heavy atom. The molecule has 0 fully saturated rings. The van der Waals surface area contributed by atoms with E-state index < -0.39 is 0 Å². The van der Waals surface area contributed by atoms with Crippen LogP contribution >= 0.6 is 23.2 Å². The molecule has 0 aliphatic rings. The lowest BCUT2D eigenvalue weighted by atomic mass is 10.00. The van der Waals surface area contributed by atoms with Gasteiger partial charge >= 0.3 is 0 Å². The Kier molecular flexibility index (Phi) is 3.33. The van der Waals surface area contributed by atoms with Gasteiger partial charge < -0.3 is 0 Å². The van der Waals surface area contributed by atoms with Crippen LogP contribution in [0.15, 0.2) is 49.0 Å². The maximum Gasteiger partial charge on any atom is 0.0412 e. The number of hydrogen-bond acceptors (Lipinski definition) is 0. The number of benzene rings is 2. The Morgan fingerprint density at radius 1 is 0.875 bits per heavy atom. The third-order valence-electron chi connectivity index (χ3n) is 2.39. The molecule has 16 heavy (non-hydrogen) atoms. The molecule has 0 saturated carbocycles. The standard InChI is InChI=1S/C14H10Cl2/c1-2-10-3-8-13(16)9-14(10)11-4-6-12(15)7-5-11/h2-9H,1H2. The van der Waals surface area contributed by atoms with Gasteiger partial charge in [-0.25, -0.2) is 0 Å². The number of hydrogen-bond donors (Lipinski definition) is 0. The van der Waals surface area contributed by atoms with Gasteiger partial charge in [0.05, 0.1) is 0 Å². The zero-order valence-electron chi connectivity index (χ0n) is 8.58. The first-order chi connectivity index (χ1) is 7.70. The third kappa shape index (κ3) is 2.29. The molecule has 0 amide bonds. The van der Waals surface area contributed by atoms with Gasteiger partial charge in [0.25, 0.3) is 0 Å². The first-order valence-electron chi connectivity index (χ1n) is 4.88. The van der Waals surface area contributed by atoms with E-state index in [-0.39, 0.29) is 0 Å². The maximum absolute atomic E-state index is 5.99. The average Bonchev–Trinajstić information content (AvgIpc) is 2.30. The van der Waals surface area contributed by atoms with Gasteiger partial charge in [0, 0.05) is 10.0 Å². The second kappa shape index (κ2) is 4.73. The van der Waals surface area contributed by atoms with Crippen molar-refractivity contribution in [3.05, 3.63) is 64.7 Å². The second-order valence-corrected chi connectivity index (χ2v) is 4.32. The molecule has 0 nitrogen and oxygen atoms in total. The smallest absolute Gasteiger partial charge is 0.0412 e. The van der Waals surface area contributed by atoms with Crippen LogP contribution in [0.5, 0.6) is 0 Å². The lowest BCUT2D eigenvalue weighted by Gasteiger charge is -2.07. The highest BCUT2D eigenvalue weighted by Crippen LogP contribution is 2.28. The fourth-order valence-corrected chi connectivity index (χ4v) is 1.88. The zero-order chi connectivity index (χ0) is 11.5.